The fraction of sp³-hybridized carbons (Fsp3) is 0.562. The van der Waals surface area contributed by atoms with Gasteiger partial charge in [0.2, 0.25) is 5.91 Å². The first-order valence-corrected chi connectivity index (χ1v) is 7.51. The molecule has 0 spiro atoms. The van der Waals surface area contributed by atoms with Crippen molar-refractivity contribution >= 4 is 17.3 Å². The van der Waals surface area contributed by atoms with E-state index in [0.29, 0.717) is 6.42 Å². The lowest BCUT2D eigenvalue weighted by molar-refractivity contribution is -0.116. The molecular formula is C16H27N3O. The van der Waals surface area contributed by atoms with Crippen LogP contribution in [0.5, 0.6) is 0 Å². The van der Waals surface area contributed by atoms with Gasteiger partial charge >= 0.3 is 0 Å². The number of amides is 1. The van der Waals surface area contributed by atoms with E-state index in [-0.39, 0.29) is 11.9 Å². The SMILES string of the molecule is CCCC(N)CC(=O)Nc1ccc(N(CC)CC)cc1. The van der Waals surface area contributed by atoms with Gasteiger partial charge < -0.3 is 16.0 Å². The highest BCUT2D eigenvalue weighted by Gasteiger charge is 2.09. The topological polar surface area (TPSA) is 58.4 Å². The molecule has 1 aromatic rings. The third kappa shape index (κ3) is 5.21. The molecule has 0 aromatic heterocycles. The van der Waals surface area contributed by atoms with E-state index in [1.807, 2.05) is 24.3 Å². The van der Waals surface area contributed by atoms with Gasteiger partial charge in [-0.2, -0.15) is 0 Å². The summed E-state index contributed by atoms with van der Waals surface area (Å²) >= 11 is 0. The number of nitrogens with two attached hydrogens (primary N) is 1. The summed E-state index contributed by atoms with van der Waals surface area (Å²) < 4.78 is 0. The van der Waals surface area contributed by atoms with Crippen molar-refractivity contribution in [3.63, 3.8) is 0 Å². The maximum Gasteiger partial charge on any atom is 0.225 e. The van der Waals surface area contributed by atoms with Crippen molar-refractivity contribution in [2.24, 2.45) is 5.73 Å². The molecule has 1 atom stereocenters. The minimum Gasteiger partial charge on any atom is -0.372 e. The number of nitrogens with zero attached hydrogens (tertiary/aromatic N) is 1. The number of carbonyl (C=O) groups is 1. The van der Waals surface area contributed by atoms with Gasteiger partial charge in [-0.05, 0) is 44.5 Å². The predicted octanol–water partition coefficient (Wildman–Crippen LogP) is 2.99. The molecule has 0 saturated carbocycles. The first-order valence-electron chi connectivity index (χ1n) is 7.51. The molecule has 1 rings (SSSR count). The summed E-state index contributed by atoms with van der Waals surface area (Å²) in [6, 6.07) is 7.91. The third-order valence-corrected chi connectivity index (χ3v) is 3.39. The zero-order valence-electron chi connectivity index (χ0n) is 12.9. The van der Waals surface area contributed by atoms with E-state index < -0.39 is 0 Å². The minimum atomic E-state index is -0.0463. The van der Waals surface area contributed by atoms with Crippen LogP contribution in [0.2, 0.25) is 0 Å². The predicted molar refractivity (Wildman–Crippen MR) is 86.1 cm³/mol. The molecule has 0 fully saturated rings. The molecule has 0 aliphatic carbocycles. The number of anilines is 2. The smallest absolute Gasteiger partial charge is 0.225 e. The number of nitrogens with one attached hydrogen (secondary N) is 1. The standard InChI is InChI=1S/C16H27N3O/c1-4-7-13(17)12-16(20)18-14-8-10-15(11-9-14)19(5-2)6-3/h8-11,13H,4-7,12,17H2,1-3H3,(H,18,20). The monoisotopic (exact) mass is 277 g/mol. The van der Waals surface area contributed by atoms with Crippen LogP contribution in [-0.4, -0.2) is 25.0 Å². The van der Waals surface area contributed by atoms with Gasteiger partial charge in [0.1, 0.15) is 0 Å². The van der Waals surface area contributed by atoms with Crippen LogP contribution < -0.4 is 16.0 Å². The second kappa shape index (κ2) is 8.59. The molecule has 1 unspecified atom stereocenters. The lowest BCUT2D eigenvalue weighted by Crippen LogP contribution is -2.26. The Bertz CT molecular complexity index is 399. The maximum atomic E-state index is 11.8. The highest BCUT2D eigenvalue weighted by Crippen LogP contribution is 2.18. The summed E-state index contributed by atoms with van der Waals surface area (Å²) in [4.78, 5) is 14.1. The van der Waals surface area contributed by atoms with E-state index in [9.17, 15) is 4.79 Å². The minimum absolute atomic E-state index is 0.0125. The molecule has 0 radical (unpaired) electrons. The molecule has 3 N–H and O–H groups in total. The average molecular weight is 277 g/mol. The Morgan fingerprint density at radius 3 is 2.30 bits per heavy atom. The Morgan fingerprint density at radius 1 is 1.20 bits per heavy atom. The van der Waals surface area contributed by atoms with Crippen molar-refractivity contribution in [1.29, 1.82) is 0 Å². The van der Waals surface area contributed by atoms with Crippen molar-refractivity contribution in [1.82, 2.24) is 0 Å². The molecule has 20 heavy (non-hydrogen) atoms. The van der Waals surface area contributed by atoms with Crippen LogP contribution in [0.25, 0.3) is 0 Å². The largest absolute Gasteiger partial charge is 0.372 e. The average Bonchev–Trinajstić information content (AvgIpc) is 2.42. The van der Waals surface area contributed by atoms with Crippen LogP contribution in [0.15, 0.2) is 24.3 Å². The Kier molecular flexibility index (Phi) is 7.09. The zero-order chi connectivity index (χ0) is 15.0. The summed E-state index contributed by atoms with van der Waals surface area (Å²) in [7, 11) is 0. The summed E-state index contributed by atoms with van der Waals surface area (Å²) in [6.45, 7) is 8.30. The number of rotatable bonds is 8. The first kappa shape index (κ1) is 16.5. The van der Waals surface area contributed by atoms with E-state index in [2.05, 4.69) is 31.0 Å². The van der Waals surface area contributed by atoms with Gasteiger partial charge in [0.25, 0.3) is 0 Å². The number of hydrogen-bond acceptors (Lipinski definition) is 3. The molecule has 0 saturated heterocycles. The molecule has 1 amide bonds. The first-order chi connectivity index (χ1) is 9.60. The van der Waals surface area contributed by atoms with Gasteiger partial charge in [-0.15, -0.1) is 0 Å². The van der Waals surface area contributed by atoms with Crippen LogP contribution in [0.3, 0.4) is 0 Å². The molecule has 4 heteroatoms. The van der Waals surface area contributed by atoms with Gasteiger partial charge in [-0.25, -0.2) is 0 Å². The normalized spacial score (nSPS) is 12.0. The number of hydrogen-bond donors (Lipinski definition) is 2. The van der Waals surface area contributed by atoms with Crippen molar-refractivity contribution in [3.05, 3.63) is 24.3 Å². The zero-order valence-corrected chi connectivity index (χ0v) is 12.9. The molecule has 112 valence electrons. The highest BCUT2D eigenvalue weighted by molar-refractivity contribution is 5.91. The highest BCUT2D eigenvalue weighted by atomic mass is 16.1. The second-order valence-electron chi connectivity index (χ2n) is 5.02. The Morgan fingerprint density at radius 2 is 1.80 bits per heavy atom. The van der Waals surface area contributed by atoms with Crippen LogP contribution in [-0.2, 0) is 4.79 Å². The molecule has 0 aliphatic heterocycles. The molecule has 1 aromatic carbocycles. The van der Waals surface area contributed by atoms with Gasteiger partial charge in [0, 0.05) is 36.9 Å². The van der Waals surface area contributed by atoms with Crippen LogP contribution in [0, 0.1) is 0 Å². The molecule has 0 aliphatic rings. The van der Waals surface area contributed by atoms with Crippen molar-refractivity contribution in [2.45, 2.75) is 46.1 Å². The summed E-state index contributed by atoms with van der Waals surface area (Å²) in [5, 5.41) is 2.90. The van der Waals surface area contributed by atoms with E-state index in [0.717, 1.165) is 31.6 Å². The van der Waals surface area contributed by atoms with E-state index in [1.165, 1.54) is 5.69 Å². The second-order valence-corrected chi connectivity index (χ2v) is 5.02. The van der Waals surface area contributed by atoms with Gasteiger partial charge in [-0.1, -0.05) is 13.3 Å². The van der Waals surface area contributed by atoms with Gasteiger partial charge in [0.15, 0.2) is 0 Å². The number of benzene rings is 1. The lowest BCUT2D eigenvalue weighted by Gasteiger charge is -2.21. The van der Waals surface area contributed by atoms with Crippen LogP contribution >= 0.6 is 0 Å². The summed E-state index contributed by atoms with van der Waals surface area (Å²) in [6.07, 6.45) is 2.27. The molecule has 0 heterocycles. The Hall–Kier alpha value is -1.55. The van der Waals surface area contributed by atoms with Crippen LogP contribution in [0.4, 0.5) is 11.4 Å². The third-order valence-electron chi connectivity index (χ3n) is 3.39. The number of carbonyl (C=O) groups excluding carboxylic acids is 1. The lowest BCUT2D eigenvalue weighted by atomic mass is 10.1. The summed E-state index contributed by atoms with van der Waals surface area (Å²) in [5.41, 5.74) is 7.88. The van der Waals surface area contributed by atoms with E-state index in [1.54, 1.807) is 0 Å². The Labute approximate surface area is 122 Å². The molecular weight excluding hydrogens is 250 g/mol. The molecule has 0 bridgehead atoms. The van der Waals surface area contributed by atoms with Crippen LogP contribution in [0.1, 0.15) is 40.0 Å². The quantitative estimate of drug-likeness (QED) is 0.768. The summed E-state index contributed by atoms with van der Waals surface area (Å²) in [5.74, 6) is -0.0125. The van der Waals surface area contributed by atoms with Gasteiger partial charge in [0.05, 0.1) is 0 Å². The van der Waals surface area contributed by atoms with Crippen molar-refractivity contribution in [3.8, 4) is 0 Å². The van der Waals surface area contributed by atoms with Crippen molar-refractivity contribution in [2.75, 3.05) is 23.3 Å². The fourth-order valence-corrected chi connectivity index (χ4v) is 2.27. The van der Waals surface area contributed by atoms with E-state index >= 15 is 0 Å². The van der Waals surface area contributed by atoms with Gasteiger partial charge in [-0.3, -0.25) is 4.79 Å². The molecule has 4 nitrogen and oxygen atoms in total. The van der Waals surface area contributed by atoms with E-state index in [4.69, 9.17) is 5.73 Å². The fourth-order valence-electron chi connectivity index (χ4n) is 2.27. The Balaban J connectivity index is 2.54. The maximum absolute atomic E-state index is 11.8. The van der Waals surface area contributed by atoms with Crippen molar-refractivity contribution < 1.29 is 4.79 Å².